The molecule has 3 aliphatic rings. The third-order valence-electron chi connectivity index (χ3n) is 10.8. The maximum Gasteiger partial charge on any atom is 0.322 e. The van der Waals surface area contributed by atoms with Crippen LogP contribution in [0, 0.1) is 12.8 Å². The Hall–Kier alpha value is -4.90. The summed E-state index contributed by atoms with van der Waals surface area (Å²) < 4.78 is 10.2. The Morgan fingerprint density at radius 1 is 1.02 bits per heavy atom. The number of hydrogen-bond donors (Lipinski definition) is 2. The Bertz CT molecular complexity index is 2050. The van der Waals surface area contributed by atoms with Crippen molar-refractivity contribution in [3.05, 3.63) is 77.6 Å². The van der Waals surface area contributed by atoms with Crippen molar-refractivity contribution in [2.75, 3.05) is 19.1 Å². The molecule has 1 aliphatic carbocycles. The molecule has 254 valence electrons. The average Bonchev–Trinajstić information content (AvgIpc) is 3.69. The van der Waals surface area contributed by atoms with Gasteiger partial charge in [-0.3, -0.25) is 14.1 Å². The quantitative estimate of drug-likeness (QED) is 0.208. The number of benzene rings is 1. The predicted molar refractivity (Wildman–Crippen MR) is 190 cm³/mol. The number of piperidine rings is 1. The number of rotatable bonds is 8. The maximum absolute atomic E-state index is 14.0. The van der Waals surface area contributed by atoms with Gasteiger partial charge in [-0.25, -0.2) is 14.8 Å². The molecule has 4 atom stereocenters. The molecule has 0 spiro atoms. The number of imidazole rings is 1. The Balaban J connectivity index is 1.14. The normalized spacial score (nSPS) is 20.9. The second-order valence-corrected chi connectivity index (χ2v) is 14.2. The van der Waals surface area contributed by atoms with E-state index >= 15 is 0 Å². The van der Waals surface area contributed by atoms with E-state index in [1.165, 1.54) is 12.8 Å². The number of nitrogens with two attached hydrogens (primary N) is 1. The van der Waals surface area contributed by atoms with Crippen LogP contribution in [0.4, 0.5) is 10.5 Å². The first-order valence-corrected chi connectivity index (χ1v) is 17.4. The number of methoxy groups -OCH3 is 1. The lowest BCUT2D eigenvalue weighted by molar-refractivity contribution is 0.0574. The summed E-state index contributed by atoms with van der Waals surface area (Å²) in [6.45, 7) is 4.84. The minimum Gasteiger partial charge on any atom is -0.482 e. The lowest BCUT2D eigenvalue weighted by Crippen LogP contribution is -2.50. The molecule has 3 N–H and O–H groups in total. The minimum absolute atomic E-state index is 0.0261. The fraction of sp³-hybridized carbons (Fsp3) is 0.421. The minimum atomic E-state index is -0.307. The van der Waals surface area contributed by atoms with Crippen LogP contribution in [0.15, 0.2) is 60.7 Å². The Kier molecular flexibility index (Phi) is 7.82. The van der Waals surface area contributed by atoms with Crippen LogP contribution >= 0.6 is 0 Å². The van der Waals surface area contributed by atoms with Crippen molar-refractivity contribution in [2.24, 2.45) is 11.7 Å². The van der Waals surface area contributed by atoms with E-state index in [0.29, 0.717) is 23.0 Å². The van der Waals surface area contributed by atoms with Crippen molar-refractivity contribution in [1.82, 2.24) is 29.2 Å². The molecular formula is C38H44N8O3. The molecule has 5 aromatic rings. The summed E-state index contributed by atoms with van der Waals surface area (Å²) in [6.07, 6.45) is 6.09. The molecule has 1 saturated carbocycles. The number of aromatic nitrogens is 4. The van der Waals surface area contributed by atoms with Gasteiger partial charge in [0, 0.05) is 54.4 Å². The van der Waals surface area contributed by atoms with E-state index in [2.05, 4.69) is 26.9 Å². The number of amides is 3. The van der Waals surface area contributed by atoms with Crippen LogP contribution in [-0.4, -0.2) is 68.1 Å². The zero-order chi connectivity index (χ0) is 34.0. The molecule has 0 radical (unpaired) electrons. The molecule has 6 heterocycles. The van der Waals surface area contributed by atoms with Crippen molar-refractivity contribution >= 4 is 34.3 Å². The van der Waals surface area contributed by atoms with Crippen LogP contribution in [0.25, 0.3) is 28.1 Å². The van der Waals surface area contributed by atoms with Gasteiger partial charge in [-0.2, -0.15) is 0 Å². The third-order valence-corrected chi connectivity index (χ3v) is 10.8. The van der Waals surface area contributed by atoms with Gasteiger partial charge in [0.1, 0.15) is 17.0 Å². The summed E-state index contributed by atoms with van der Waals surface area (Å²) in [5.74, 6) is 1.19. The first kappa shape index (κ1) is 31.4. The number of nitrogens with one attached hydrogen (secondary N) is 1. The largest absolute Gasteiger partial charge is 0.482 e. The second-order valence-electron chi connectivity index (χ2n) is 14.2. The van der Waals surface area contributed by atoms with Gasteiger partial charge in [-0.05, 0) is 94.7 Å². The highest BCUT2D eigenvalue weighted by Gasteiger charge is 2.42. The first-order valence-electron chi connectivity index (χ1n) is 17.4. The molecular weight excluding hydrogens is 616 g/mol. The molecule has 1 aromatic carbocycles. The van der Waals surface area contributed by atoms with Gasteiger partial charge in [-0.1, -0.05) is 18.2 Å². The van der Waals surface area contributed by atoms with Gasteiger partial charge in [0.05, 0.1) is 30.2 Å². The number of nitrogens with zero attached hydrogens (tertiary/aromatic N) is 6. The summed E-state index contributed by atoms with van der Waals surface area (Å²) >= 11 is 0. The number of para-hydroxylation sites is 1. The molecule has 11 nitrogen and oxygen atoms in total. The smallest absolute Gasteiger partial charge is 0.322 e. The van der Waals surface area contributed by atoms with Crippen LogP contribution in [-0.2, 0) is 6.54 Å². The highest BCUT2D eigenvalue weighted by molar-refractivity contribution is 5.96. The number of carbonyl (C=O) groups is 2. The fourth-order valence-electron chi connectivity index (χ4n) is 7.94. The lowest BCUT2D eigenvalue weighted by atomic mass is 9.97. The topological polar surface area (TPSA) is 123 Å². The Labute approximate surface area is 286 Å². The van der Waals surface area contributed by atoms with Crippen molar-refractivity contribution in [2.45, 2.75) is 83.1 Å². The summed E-state index contributed by atoms with van der Waals surface area (Å²) in [5, 5.41) is 4.12. The number of pyridine rings is 2. The average molecular weight is 661 g/mol. The van der Waals surface area contributed by atoms with Gasteiger partial charge in [0.2, 0.25) is 0 Å². The number of ether oxygens (including phenoxy) is 1. The molecule has 11 heteroatoms. The van der Waals surface area contributed by atoms with E-state index in [0.717, 1.165) is 71.7 Å². The van der Waals surface area contributed by atoms with Crippen molar-refractivity contribution < 1.29 is 14.3 Å². The predicted octanol–water partition coefficient (Wildman–Crippen LogP) is 6.08. The highest BCUT2D eigenvalue weighted by Crippen LogP contribution is 2.39. The Morgan fingerprint density at radius 3 is 2.45 bits per heavy atom. The molecule has 3 fully saturated rings. The van der Waals surface area contributed by atoms with E-state index in [1.807, 2.05) is 66.8 Å². The van der Waals surface area contributed by atoms with Gasteiger partial charge in [-0.15, -0.1) is 0 Å². The summed E-state index contributed by atoms with van der Waals surface area (Å²) in [4.78, 5) is 41.0. The number of carbonyl (C=O) groups excluding carboxylic acids is 2. The number of hydrogen-bond acceptors (Lipinski definition) is 6. The van der Waals surface area contributed by atoms with E-state index in [9.17, 15) is 9.59 Å². The van der Waals surface area contributed by atoms with Crippen molar-refractivity contribution in [3.8, 4) is 17.3 Å². The highest BCUT2D eigenvalue weighted by atomic mass is 16.5. The molecule has 2 saturated heterocycles. The van der Waals surface area contributed by atoms with E-state index < -0.39 is 0 Å². The van der Waals surface area contributed by atoms with Crippen LogP contribution in [0.5, 0.6) is 5.88 Å². The van der Waals surface area contributed by atoms with Crippen molar-refractivity contribution in [3.63, 3.8) is 0 Å². The molecule has 4 aromatic heterocycles. The SMILES string of the molecule is COc1cc(C(=O)N2[C@@H]3CC[C@H]2C[C@@H](N)C3)cc2nc(-c3cc4ccc([C@@H](C)NC(=O)N(C)c5ccccc5)nc4n3CC3CC3)c(C)n12. The third kappa shape index (κ3) is 5.59. The van der Waals surface area contributed by atoms with Gasteiger partial charge in [0.15, 0.2) is 5.88 Å². The number of aryl methyl sites for hydroxylation is 1. The number of anilines is 1. The number of fused-ring (bicyclic) bond motifs is 4. The molecule has 8 rings (SSSR count). The lowest BCUT2D eigenvalue weighted by Gasteiger charge is -2.37. The van der Waals surface area contributed by atoms with E-state index in [1.54, 1.807) is 19.1 Å². The van der Waals surface area contributed by atoms with Crippen LogP contribution in [0.1, 0.15) is 73.2 Å². The van der Waals surface area contributed by atoms with Crippen molar-refractivity contribution in [1.29, 1.82) is 0 Å². The van der Waals surface area contributed by atoms with Gasteiger partial charge in [0.25, 0.3) is 5.91 Å². The van der Waals surface area contributed by atoms with Gasteiger partial charge < -0.3 is 25.3 Å². The zero-order valence-corrected chi connectivity index (χ0v) is 28.6. The summed E-state index contributed by atoms with van der Waals surface area (Å²) in [7, 11) is 3.40. The maximum atomic E-state index is 14.0. The Morgan fingerprint density at radius 2 is 1.76 bits per heavy atom. The zero-order valence-electron chi connectivity index (χ0n) is 28.6. The van der Waals surface area contributed by atoms with Crippen LogP contribution in [0.2, 0.25) is 0 Å². The summed E-state index contributed by atoms with van der Waals surface area (Å²) in [6, 6.07) is 19.6. The fourth-order valence-corrected chi connectivity index (χ4v) is 7.94. The van der Waals surface area contributed by atoms with Crippen LogP contribution in [0.3, 0.4) is 0 Å². The second kappa shape index (κ2) is 12.2. The summed E-state index contributed by atoms with van der Waals surface area (Å²) in [5.41, 5.74) is 12.8. The molecule has 3 amide bonds. The number of urea groups is 1. The van der Waals surface area contributed by atoms with E-state index in [-0.39, 0.29) is 36.1 Å². The molecule has 2 aliphatic heterocycles. The molecule has 2 bridgehead atoms. The molecule has 49 heavy (non-hydrogen) atoms. The monoisotopic (exact) mass is 660 g/mol. The van der Waals surface area contributed by atoms with E-state index in [4.69, 9.17) is 20.4 Å². The first-order chi connectivity index (χ1) is 23.7. The standard InChI is InChI=1S/C38H44N8O3/c1-22(40-38(48)43(3)28-8-6-5-7-9-28)31-15-12-25-16-32(44(36(25)41-31)21-24-10-11-24)35-23(2)45-33(42-35)17-26(18-34(45)49-4)37(47)46-29-13-14-30(46)20-27(39)19-29/h5-9,12,15-18,22,24,27,29-30H,10-11,13-14,19-21,39H2,1-4H3,(H,40,48)/t22-,27-,29+,30-/m1/s1. The molecule has 0 unspecified atom stereocenters. The van der Waals surface area contributed by atoms with Crippen LogP contribution < -0.4 is 20.7 Å². The van der Waals surface area contributed by atoms with Gasteiger partial charge >= 0.3 is 6.03 Å².